The zero-order valence-corrected chi connectivity index (χ0v) is 12.2. The second kappa shape index (κ2) is 8.05. The molecule has 98 valence electrons. The van der Waals surface area contributed by atoms with Crippen LogP contribution in [-0.2, 0) is 17.4 Å². The predicted molar refractivity (Wildman–Crippen MR) is 80.4 cm³/mol. The number of carbonyl (C=O) groups excluding carboxylic acids is 1. The van der Waals surface area contributed by atoms with Crippen molar-refractivity contribution in [1.82, 2.24) is 5.32 Å². The number of hydrogen-bond acceptors (Lipinski definition) is 1. The van der Waals surface area contributed by atoms with E-state index in [1.165, 1.54) is 23.4 Å². The van der Waals surface area contributed by atoms with Crippen molar-refractivity contribution >= 4 is 13.8 Å². The largest absolute Gasteiger partial charge is 0.353 e. The van der Waals surface area contributed by atoms with E-state index < -0.39 is 0 Å². The molecule has 0 spiro atoms. The summed E-state index contributed by atoms with van der Waals surface area (Å²) in [5.41, 5.74) is 2.79. The number of benzene rings is 1. The number of amides is 1. The summed E-state index contributed by atoms with van der Waals surface area (Å²) < 4.78 is 0. The highest BCUT2D eigenvalue weighted by atomic mass is 31.1. The SMILES string of the molecule is C=CC(=O)NCCCc1cccc(CP(C)C)c1. The first-order chi connectivity index (χ1) is 8.61. The molecule has 18 heavy (non-hydrogen) atoms. The van der Waals surface area contributed by atoms with Crippen LogP contribution in [0.5, 0.6) is 0 Å². The third-order valence-corrected chi connectivity index (χ3v) is 3.61. The van der Waals surface area contributed by atoms with E-state index in [4.69, 9.17) is 0 Å². The van der Waals surface area contributed by atoms with Gasteiger partial charge in [-0.25, -0.2) is 0 Å². The Labute approximate surface area is 111 Å². The van der Waals surface area contributed by atoms with E-state index in [1.807, 2.05) is 0 Å². The smallest absolute Gasteiger partial charge is 0.243 e. The number of nitrogens with one attached hydrogen (secondary N) is 1. The summed E-state index contributed by atoms with van der Waals surface area (Å²) in [6.07, 6.45) is 4.48. The van der Waals surface area contributed by atoms with Crippen LogP contribution in [0.2, 0.25) is 0 Å². The highest BCUT2D eigenvalue weighted by molar-refractivity contribution is 7.55. The second-order valence-electron chi connectivity index (χ2n) is 4.66. The minimum Gasteiger partial charge on any atom is -0.353 e. The van der Waals surface area contributed by atoms with Gasteiger partial charge < -0.3 is 5.32 Å². The fourth-order valence-electron chi connectivity index (χ4n) is 1.82. The minimum absolute atomic E-state index is 0.0913. The summed E-state index contributed by atoms with van der Waals surface area (Å²) in [5, 5.41) is 2.80. The Bertz CT molecular complexity index is 401. The normalized spacial score (nSPS) is 10.4. The molecule has 0 saturated carbocycles. The minimum atomic E-state index is -0.0913. The van der Waals surface area contributed by atoms with Gasteiger partial charge in [0.25, 0.3) is 0 Å². The van der Waals surface area contributed by atoms with Gasteiger partial charge in [0.2, 0.25) is 5.91 Å². The maximum Gasteiger partial charge on any atom is 0.243 e. The van der Waals surface area contributed by atoms with Crippen molar-refractivity contribution in [2.75, 3.05) is 19.9 Å². The Morgan fingerprint density at radius 1 is 1.39 bits per heavy atom. The molecular weight excluding hydrogens is 241 g/mol. The van der Waals surface area contributed by atoms with Crippen LogP contribution in [0.3, 0.4) is 0 Å². The lowest BCUT2D eigenvalue weighted by Crippen LogP contribution is -2.22. The second-order valence-corrected chi connectivity index (χ2v) is 7.13. The van der Waals surface area contributed by atoms with E-state index in [1.54, 1.807) is 0 Å². The molecule has 0 heterocycles. The summed E-state index contributed by atoms with van der Waals surface area (Å²) in [7, 11) is 0.116. The van der Waals surface area contributed by atoms with Crippen molar-refractivity contribution in [3.63, 3.8) is 0 Å². The molecule has 0 aliphatic heterocycles. The van der Waals surface area contributed by atoms with Crippen molar-refractivity contribution in [3.05, 3.63) is 48.0 Å². The molecule has 1 amide bonds. The average Bonchev–Trinajstić information content (AvgIpc) is 2.34. The third-order valence-electron chi connectivity index (χ3n) is 2.62. The average molecular weight is 263 g/mol. The molecule has 2 nitrogen and oxygen atoms in total. The van der Waals surface area contributed by atoms with E-state index >= 15 is 0 Å². The van der Waals surface area contributed by atoms with Crippen molar-refractivity contribution in [2.24, 2.45) is 0 Å². The van der Waals surface area contributed by atoms with Crippen molar-refractivity contribution in [2.45, 2.75) is 19.0 Å². The van der Waals surface area contributed by atoms with E-state index in [0.29, 0.717) is 6.54 Å². The molecule has 3 heteroatoms. The summed E-state index contributed by atoms with van der Waals surface area (Å²) in [5.74, 6) is -0.0913. The maximum absolute atomic E-state index is 11.0. The van der Waals surface area contributed by atoms with Crippen molar-refractivity contribution in [1.29, 1.82) is 0 Å². The summed E-state index contributed by atoms with van der Waals surface area (Å²) in [6, 6.07) is 8.78. The molecule has 0 radical (unpaired) electrons. The van der Waals surface area contributed by atoms with Gasteiger partial charge in [-0.1, -0.05) is 30.8 Å². The summed E-state index contributed by atoms with van der Waals surface area (Å²) >= 11 is 0. The number of rotatable bonds is 7. The van der Waals surface area contributed by atoms with Gasteiger partial charge in [-0.3, -0.25) is 4.79 Å². The molecule has 0 atom stereocenters. The summed E-state index contributed by atoms with van der Waals surface area (Å²) in [4.78, 5) is 11.0. The van der Waals surface area contributed by atoms with Crippen LogP contribution in [-0.4, -0.2) is 25.8 Å². The first-order valence-electron chi connectivity index (χ1n) is 6.24. The molecule has 0 aliphatic rings. The first-order valence-corrected chi connectivity index (χ1v) is 8.67. The molecule has 0 bridgehead atoms. The maximum atomic E-state index is 11.0. The fraction of sp³-hybridized carbons (Fsp3) is 0.400. The number of hydrogen-bond donors (Lipinski definition) is 1. The number of aryl methyl sites for hydroxylation is 1. The highest BCUT2D eigenvalue weighted by Crippen LogP contribution is 2.30. The van der Waals surface area contributed by atoms with Gasteiger partial charge in [0.1, 0.15) is 0 Å². The van der Waals surface area contributed by atoms with Crippen LogP contribution < -0.4 is 5.32 Å². The Morgan fingerprint density at radius 3 is 2.78 bits per heavy atom. The Balaban J connectivity index is 2.38. The van der Waals surface area contributed by atoms with E-state index in [9.17, 15) is 4.79 Å². The van der Waals surface area contributed by atoms with Crippen LogP contribution in [0.4, 0.5) is 0 Å². The van der Waals surface area contributed by atoms with Crippen LogP contribution in [0.15, 0.2) is 36.9 Å². The van der Waals surface area contributed by atoms with Gasteiger partial charge in [0, 0.05) is 6.54 Å². The molecule has 0 aliphatic carbocycles. The van der Waals surface area contributed by atoms with Gasteiger partial charge in [-0.15, -0.1) is 7.92 Å². The quantitative estimate of drug-likeness (QED) is 0.457. The van der Waals surface area contributed by atoms with Crippen molar-refractivity contribution < 1.29 is 4.79 Å². The Hall–Kier alpha value is -1.14. The van der Waals surface area contributed by atoms with Crippen LogP contribution in [0, 0.1) is 0 Å². The van der Waals surface area contributed by atoms with Gasteiger partial charge in [-0.2, -0.15) is 0 Å². The molecule has 1 N–H and O–H groups in total. The third kappa shape index (κ3) is 5.97. The van der Waals surface area contributed by atoms with E-state index in [2.05, 4.69) is 49.5 Å². The molecule has 0 aromatic heterocycles. The Kier molecular flexibility index (Phi) is 6.67. The molecule has 0 fully saturated rings. The van der Waals surface area contributed by atoms with Crippen LogP contribution in [0.1, 0.15) is 17.5 Å². The highest BCUT2D eigenvalue weighted by Gasteiger charge is 1.99. The zero-order valence-electron chi connectivity index (χ0n) is 11.3. The van der Waals surface area contributed by atoms with E-state index in [-0.39, 0.29) is 13.8 Å². The fourth-order valence-corrected chi connectivity index (χ4v) is 2.75. The topological polar surface area (TPSA) is 29.1 Å². The molecule has 1 aromatic rings. The Morgan fingerprint density at radius 2 is 2.11 bits per heavy atom. The standard InChI is InChI=1S/C15H22NOP/c1-4-15(17)16-10-6-9-13-7-5-8-14(11-13)12-18(2)3/h4-5,7-8,11H,1,6,9-10,12H2,2-3H3,(H,16,17). The lowest BCUT2D eigenvalue weighted by molar-refractivity contribution is -0.116. The van der Waals surface area contributed by atoms with E-state index in [0.717, 1.165) is 12.8 Å². The van der Waals surface area contributed by atoms with Crippen molar-refractivity contribution in [3.8, 4) is 0 Å². The van der Waals surface area contributed by atoms with Gasteiger partial charge in [-0.05, 0) is 49.5 Å². The van der Waals surface area contributed by atoms with Gasteiger partial charge in [0.15, 0.2) is 0 Å². The monoisotopic (exact) mass is 263 g/mol. The van der Waals surface area contributed by atoms with Crippen LogP contribution in [0.25, 0.3) is 0 Å². The lowest BCUT2D eigenvalue weighted by Gasteiger charge is -2.08. The molecule has 0 saturated heterocycles. The molecule has 0 unspecified atom stereocenters. The molecule has 1 aromatic carbocycles. The number of carbonyl (C=O) groups is 1. The molecule has 1 rings (SSSR count). The lowest BCUT2D eigenvalue weighted by atomic mass is 10.1. The van der Waals surface area contributed by atoms with Crippen LogP contribution >= 0.6 is 7.92 Å². The van der Waals surface area contributed by atoms with Gasteiger partial charge in [0.05, 0.1) is 0 Å². The zero-order chi connectivity index (χ0) is 13.4. The van der Waals surface area contributed by atoms with Gasteiger partial charge >= 0.3 is 0 Å². The predicted octanol–water partition coefficient (Wildman–Crippen LogP) is 3.16. The first kappa shape index (κ1) is 14.9. The summed E-state index contributed by atoms with van der Waals surface area (Å²) in [6.45, 7) is 8.73. The molecular formula is C15H22NOP.